The zero-order valence-electron chi connectivity index (χ0n) is 13.3. The molecule has 2 rings (SSSR count). The van der Waals surface area contributed by atoms with E-state index in [0.717, 1.165) is 11.1 Å². The lowest BCUT2D eigenvalue weighted by atomic mass is 10.0. The molecule has 2 aromatic carbocycles. The van der Waals surface area contributed by atoms with Crippen molar-refractivity contribution < 1.29 is 27.8 Å². The monoisotopic (exact) mass is 353 g/mol. The summed E-state index contributed by atoms with van der Waals surface area (Å²) in [5.41, 5.74) is 1.96. The summed E-state index contributed by atoms with van der Waals surface area (Å²) in [5.74, 6) is -0.756. The van der Waals surface area contributed by atoms with Crippen LogP contribution in [0.1, 0.15) is 21.5 Å². The average Bonchev–Trinajstić information content (AvgIpc) is 2.56. The minimum Gasteiger partial charge on any atom is -0.507 e. The van der Waals surface area contributed by atoms with E-state index in [0.29, 0.717) is 6.42 Å². The highest BCUT2D eigenvalue weighted by Gasteiger charge is 2.27. The first kappa shape index (κ1) is 18.8. The van der Waals surface area contributed by atoms with Crippen LogP contribution in [0.15, 0.2) is 48.5 Å². The van der Waals surface area contributed by atoms with E-state index in [1.807, 2.05) is 30.3 Å². The summed E-state index contributed by atoms with van der Waals surface area (Å²) in [6.07, 6.45) is -3.80. The highest BCUT2D eigenvalue weighted by Crippen LogP contribution is 2.20. The van der Waals surface area contributed by atoms with Gasteiger partial charge in [-0.2, -0.15) is 13.2 Å². The van der Waals surface area contributed by atoms with E-state index >= 15 is 0 Å². The van der Waals surface area contributed by atoms with Crippen LogP contribution in [-0.2, 0) is 11.2 Å². The first-order chi connectivity index (χ1) is 11.8. The number of halogens is 3. The van der Waals surface area contributed by atoms with Crippen molar-refractivity contribution in [1.82, 2.24) is 5.32 Å². The third-order valence-electron chi connectivity index (χ3n) is 3.35. The molecule has 0 saturated carbocycles. The maximum Gasteiger partial charge on any atom is 0.411 e. The van der Waals surface area contributed by atoms with Crippen LogP contribution in [0, 0.1) is 0 Å². The number of amides is 1. The van der Waals surface area contributed by atoms with E-state index in [4.69, 9.17) is 0 Å². The van der Waals surface area contributed by atoms with Gasteiger partial charge in [-0.1, -0.05) is 36.4 Å². The van der Waals surface area contributed by atoms with Crippen molar-refractivity contribution in [2.24, 2.45) is 0 Å². The molecule has 0 aliphatic heterocycles. The number of hydrogen-bond donors (Lipinski definition) is 2. The zero-order chi connectivity index (χ0) is 18.3. The number of carbonyl (C=O) groups is 1. The van der Waals surface area contributed by atoms with Crippen LogP contribution in [-0.4, -0.2) is 36.9 Å². The van der Waals surface area contributed by atoms with E-state index in [9.17, 15) is 23.1 Å². The summed E-state index contributed by atoms with van der Waals surface area (Å²) in [6.45, 7) is -1.71. The molecule has 134 valence electrons. The summed E-state index contributed by atoms with van der Waals surface area (Å²) in [6, 6.07) is 14.3. The number of benzene rings is 2. The van der Waals surface area contributed by atoms with Crippen molar-refractivity contribution >= 4 is 5.91 Å². The molecule has 2 N–H and O–H groups in total. The maximum absolute atomic E-state index is 12.1. The summed E-state index contributed by atoms with van der Waals surface area (Å²) >= 11 is 0. The second-order valence-corrected chi connectivity index (χ2v) is 5.44. The lowest BCUT2D eigenvalue weighted by molar-refractivity contribution is -0.173. The fourth-order valence-electron chi connectivity index (χ4n) is 2.23. The molecule has 0 aliphatic carbocycles. The molecule has 0 aromatic heterocycles. The van der Waals surface area contributed by atoms with Gasteiger partial charge in [-0.05, 0) is 29.7 Å². The lowest BCUT2D eigenvalue weighted by Crippen LogP contribution is -2.29. The van der Waals surface area contributed by atoms with E-state index in [-0.39, 0.29) is 24.5 Å². The second-order valence-electron chi connectivity index (χ2n) is 5.44. The van der Waals surface area contributed by atoms with Crippen LogP contribution < -0.4 is 5.32 Å². The molecule has 0 spiro atoms. The van der Waals surface area contributed by atoms with Crippen molar-refractivity contribution in [1.29, 1.82) is 0 Å². The van der Waals surface area contributed by atoms with E-state index in [2.05, 4.69) is 10.1 Å². The van der Waals surface area contributed by atoms with Crippen molar-refractivity contribution in [2.45, 2.75) is 12.6 Å². The van der Waals surface area contributed by atoms with Gasteiger partial charge in [-0.25, -0.2) is 0 Å². The van der Waals surface area contributed by atoms with Gasteiger partial charge in [0.2, 0.25) is 0 Å². The molecular formula is C18H18F3NO3. The number of phenols is 1. The minimum absolute atomic E-state index is 0.0734. The Morgan fingerprint density at radius 3 is 2.48 bits per heavy atom. The summed E-state index contributed by atoms with van der Waals surface area (Å²) in [5, 5.41) is 12.3. The van der Waals surface area contributed by atoms with Gasteiger partial charge in [0.05, 0.1) is 12.2 Å². The Labute approximate surface area is 143 Å². The third kappa shape index (κ3) is 6.46. The molecule has 0 aliphatic rings. The van der Waals surface area contributed by atoms with Crippen molar-refractivity contribution in [2.75, 3.05) is 19.8 Å². The van der Waals surface area contributed by atoms with Gasteiger partial charge >= 0.3 is 6.18 Å². The number of rotatable bonds is 7. The molecular weight excluding hydrogens is 335 g/mol. The van der Waals surface area contributed by atoms with Gasteiger partial charge in [0.25, 0.3) is 5.91 Å². The molecule has 0 heterocycles. The number of nitrogens with one attached hydrogen (secondary N) is 1. The molecule has 2 aromatic rings. The number of alkyl halides is 3. The van der Waals surface area contributed by atoms with Crippen LogP contribution in [0.25, 0.3) is 0 Å². The highest BCUT2D eigenvalue weighted by molar-refractivity contribution is 5.97. The van der Waals surface area contributed by atoms with Crippen molar-refractivity contribution in [3.8, 4) is 5.75 Å². The van der Waals surface area contributed by atoms with Gasteiger partial charge in [-0.3, -0.25) is 4.79 Å². The summed E-state index contributed by atoms with van der Waals surface area (Å²) in [4.78, 5) is 12.1. The van der Waals surface area contributed by atoms with E-state index in [1.54, 1.807) is 12.1 Å². The fourth-order valence-corrected chi connectivity index (χ4v) is 2.23. The molecule has 0 atom stereocenters. The molecule has 0 fully saturated rings. The summed E-state index contributed by atoms with van der Waals surface area (Å²) < 4.78 is 40.2. The van der Waals surface area contributed by atoms with Gasteiger partial charge in [-0.15, -0.1) is 0 Å². The quantitative estimate of drug-likeness (QED) is 0.751. The van der Waals surface area contributed by atoms with Gasteiger partial charge in [0, 0.05) is 6.54 Å². The number of aromatic hydroxyl groups is 1. The molecule has 25 heavy (non-hydrogen) atoms. The predicted octanol–water partition coefficient (Wildman–Crippen LogP) is 3.29. The smallest absolute Gasteiger partial charge is 0.411 e. The van der Waals surface area contributed by atoms with Crippen LogP contribution in [0.5, 0.6) is 5.75 Å². The first-order valence-corrected chi connectivity index (χ1v) is 7.63. The van der Waals surface area contributed by atoms with Gasteiger partial charge in [0.15, 0.2) is 0 Å². The first-order valence-electron chi connectivity index (χ1n) is 7.63. The molecule has 0 unspecified atom stereocenters. The Kier molecular flexibility index (Phi) is 6.41. The van der Waals surface area contributed by atoms with Crippen molar-refractivity contribution in [3.63, 3.8) is 0 Å². The predicted molar refractivity (Wildman–Crippen MR) is 86.6 cm³/mol. The normalized spacial score (nSPS) is 11.3. The Morgan fingerprint density at radius 1 is 1.08 bits per heavy atom. The fraction of sp³-hybridized carbons (Fsp3) is 0.278. The number of phenolic OH excluding ortho intramolecular Hbond substituents is 1. The Hall–Kier alpha value is -2.54. The largest absolute Gasteiger partial charge is 0.507 e. The highest BCUT2D eigenvalue weighted by atomic mass is 19.4. The minimum atomic E-state index is -4.39. The number of carbonyl (C=O) groups excluding carboxylic acids is 1. The molecule has 7 heteroatoms. The van der Waals surface area contributed by atoms with Crippen LogP contribution in [0.4, 0.5) is 13.2 Å². The Bertz CT molecular complexity index is 702. The maximum atomic E-state index is 12.1. The van der Waals surface area contributed by atoms with E-state index in [1.165, 1.54) is 6.07 Å². The van der Waals surface area contributed by atoms with Gasteiger partial charge in [0.1, 0.15) is 12.4 Å². The van der Waals surface area contributed by atoms with Crippen LogP contribution in [0.3, 0.4) is 0 Å². The standard InChI is InChI=1S/C18H18F3NO3/c19-18(20,21)12-25-9-8-22-17(24)15-11-14(6-7-16(15)23)10-13-4-2-1-3-5-13/h1-7,11,23H,8-10,12H2,(H,22,24). The SMILES string of the molecule is O=C(NCCOCC(F)(F)F)c1cc(Cc2ccccc2)ccc1O. The van der Waals surface area contributed by atoms with Gasteiger partial charge < -0.3 is 15.2 Å². The van der Waals surface area contributed by atoms with Crippen LogP contribution in [0.2, 0.25) is 0 Å². The Balaban J connectivity index is 1.91. The molecule has 0 radical (unpaired) electrons. The average molecular weight is 353 g/mol. The Morgan fingerprint density at radius 2 is 1.80 bits per heavy atom. The molecule has 0 saturated heterocycles. The molecule has 1 amide bonds. The third-order valence-corrected chi connectivity index (χ3v) is 3.35. The molecule has 4 nitrogen and oxygen atoms in total. The van der Waals surface area contributed by atoms with E-state index < -0.39 is 18.7 Å². The topological polar surface area (TPSA) is 58.6 Å². The van der Waals surface area contributed by atoms with Crippen molar-refractivity contribution in [3.05, 3.63) is 65.2 Å². The number of hydrogen-bond acceptors (Lipinski definition) is 3. The molecule has 0 bridgehead atoms. The van der Waals surface area contributed by atoms with Crippen LogP contribution >= 0.6 is 0 Å². The summed E-state index contributed by atoms with van der Waals surface area (Å²) in [7, 11) is 0. The zero-order valence-corrected chi connectivity index (χ0v) is 13.3. The second kappa shape index (κ2) is 8.53. The lowest BCUT2D eigenvalue weighted by Gasteiger charge is -2.10. The number of ether oxygens (including phenoxy) is 1.